The quantitative estimate of drug-likeness (QED) is 0.0296. The third-order valence-electron chi connectivity index (χ3n) is 12.0. The fourth-order valence-electron chi connectivity index (χ4n) is 8.17. The summed E-state index contributed by atoms with van der Waals surface area (Å²) >= 11 is 0. The standard InChI is InChI=1S/C52H57N11O13/c53-35(22-45(67)68)48(72)62-41(21-31-25-56-37-13-7-5-11-34(31)37)51(75)63-40(19-29-14-16-32(64)17-15-29)50(74)58-26-43(65)59-39(18-28-8-2-1-3-9-28)49(73)57-27-44(66)60-42(23-46(69)70)52(76)61-38(47(54)71)20-30-24-55-36-12-6-4-10-33(30)36/h1-17,24-25,35,38-42,55-56,64H,18-23,26-27,53H2,(H2,54,71)(H,57,73)(H,58,74)(H,59,65)(H,60,66)(H,61,76)(H,62,72)(H,63,75)(H,67,68)(H,69,70)/t35-,38-,39-,40-,41-,42-/m0/s1. The molecule has 24 nitrogen and oxygen atoms in total. The molecule has 6 aromatic rings. The summed E-state index contributed by atoms with van der Waals surface area (Å²) in [5, 5.41) is 47.4. The van der Waals surface area contributed by atoms with Gasteiger partial charge in [0.25, 0.3) is 0 Å². The first-order chi connectivity index (χ1) is 36.3. The minimum absolute atomic E-state index is 0.0623. The first-order valence-corrected chi connectivity index (χ1v) is 23.8. The highest BCUT2D eigenvalue weighted by Gasteiger charge is 2.32. The van der Waals surface area contributed by atoms with Crippen molar-refractivity contribution in [2.45, 2.75) is 74.8 Å². The number of carbonyl (C=O) groups is 10. The highest BCUT2D eigenvalue weighted by atomic mass is 16.4. The lowest BCUT2D eigenvalue weighted by Crippen LogP contribution is -2.58. The van der Waals surface area contributed by atoms with Crippen LogP contribution >= 0.6 is 0 Å². The fourth-order valence-corrected chi connectivity index (χ4v) is 8.17. The summed E-state index contributed by atoms with van der Waals surface area (Å²) < 4.78 is 0. The van der Waals surface area contributed by atoms with Crippen LogP contribution in [0.2, 0.25) is 0 Å². The first-order valence-electron chi connectivity index (χ1n) is 23.8. The van der Waals surface area contributed by atoms with Gasteiger partial charge in [0.15, 0.2) is 0 Å². The Bertz CT molecular complexity index is 3090. The third-order valence-corrected chi connectivity index (χ3v) is 12.0. The van der Waals surface area contributed by atoms with E-state index in [0.717, 1.165) is 21.8 Å². The lowest BCUT2D eigenvalue weighted by Gasteiger charge is -2.24. The van der Waals surface area contributed by atoms with Gasteiger partial charge in [0, 0.05) is 59.9 Å². The van der Waals surface area contributed by atoms with Gasteiger partial charge in [-0.15, -0.1) is 0 Å². The number of carbonyl (C=O) groups excluding carboxylic acids is 8. The maximum atomic E-state index is 14.2. The molecule has 0 spiro atoms. The van der Waals surface area contributed by atoms with Crippen molar-refractivity contribution in [3.05, 3.63) is 138 Å². The van der Waals surface area contributed by atoms with E-state index in [4.69, 9.17) is 11.5 Å². The number of H-pyrrole nitrogens is 2. The van der Waals surface area contributed by atoms with Crippen LogP contribution in [0.15, 0.2) is 116 Å². The molecule has 16 N–H and O–H groups in total. The van der Waals surface area contributed by atoms with Crippen molar-refractivity contribution in [3.63, 3.8) is 0 Å². The van der Waals surface area contributed by atoms with Crippen LogP contribution in [0.25, 0.3) is 21.8 Å². The summed E-state index contributed by atoms with van der Waals surface area (Å²) in [6, 6.07) is 19.6. The van der Waals surface area contributed by atoms with Crippen molar-refractivity contribution in [1.29, 1.82) is 0 Å². The summed E-state index contributed by atoms with van der Waals surface area (Å²) in [7, 11) is 0. The number of phenolic OH excluding ortho intramolecular Hbond substituents is 1. The number of rotatable bonds is 27. The molecule has 0 aliphatic carbocycles. The number of aromatic hydroxyl groups is 1. The average molecular weight is 1040 g/mol. The number of aromatic amines is 2. The SMILES string of the molecule is NC(=O)[C@H](Cc1c[nH]c2ccccc12)NC(=O)[C@H](CC(=O)O)NC(=O)CNC(=O)[C@H](Cc1ccccc1)NC(=O)CNC(=O)[C@H](Cc1ccc(O)cc1)NC(=O)[C@H](Cc1c[nH]c2ccccc12)NC(=O)[C@@H](N)CC(=O)O. The van der Waals surface area contributed by atoms with E-state index in [1.54, 1.807) is 91.3 Å². The Morgan fingerprint density at radius 2 is 0.882 bits per heavy atom. The second kappa shape index (κ2) is 26.4. The fraction of sp³-hybridized carbons (Fsp3) is 0.269. The number of hydrogen-bond acceptors (Lipinski definition) is 12. The predicted octanol–water partition coefficient (Wildman–Crippen LogP) is -0.956. The molecule has 0 fully saturated rings. The Kier molecular flexibility index (Phi) is 19.4. The van der Waals surface area contributed by atoms with Gasteiger partial charge in [-0.25, -0.2) is 0 Å². The molecule has 2 heterocycles. The zero-order valence-corrected chi connectivity index (χ0v) is 40.7. The van der Waals surface area contributed by atoms with E-state index in [1.807, 2.05) is 0 Å². The van der Waals surface area contributed by atoms with Crippen molar-refractivity contribution in [1.82, 2.24) is 47.2 Å². The lowest BCUT2D eigenvalue weighted by molar-refractivity contribution is -0.141. The molecule has 0 saturated carbocycles. The van der Waals surface area contributed by atoms with Gasteiger partial charge in [-0.1, -0.05) is 78.9 Å². The highest BCUT2D eigenvalue weighted by Crippen LogP contribution is 2.21. The Hall–Kier alpha value is -9.58. The number of hydrogen-bond donors (Lipinski definition) is 14. The minimum atomic E-state index is -1.72. The lowest BCUT2D eigenvalue weighted by atomic mass is 10.0. The maximum absolute atomic E-state index is 14.2. The molecule has 76 heavy (non-hydrogen) atoms. The molecule has 6 rings (SSSR count). The number of fused-ring (bicyclic) bond motifs is 2. The van der Waals surface area contributed by atoms with Crippen LogP contribution < -0.4 is 48.7 Å². The number of benzene rings is 4. The zero-order chi connectivity index (χ0) is 54.9. The van der Waals surface area contributed by atoms with Gasteiger partial charge >= 0.3 is 11.9 Å². The number of phenols is 1. The van der Waals surface area contributed by atoms with Gasteiger partial charge in [0.1, 0.15) is 36.0 Å². The number of amides is 8. The van der Waals surface area contributed by atoms with Crippen molar-refractivity contribution < 1.29 is 63.3 Å². The number of carboxylic acid groups (broad SMARTS) is 2. The van der Waals surface area contributed by atoms with Crippen molar-refractivity contribution >= 4 is 81.0 Å². The zero-order valence-electron chi connectivity index (χ0n) is 40.7. The summed E-state index contributed by atoms with van der Waals surface area (Å²) in [5.41, 5.74) is 15.2. The predicted molar refractivity (Wildman–Crippen MR) is 273 cm³/mol. The van der Waals surface area contributed by atoms with Crippen LogP contribution in [-0.4, -0.2) is 134 Å². The summed E-state index contributed by atoms with van der Waals surface area (Å²) in [5.74, 6) is -10.4. The largest absolute Gasteiger partial charge is 0.508 e. The minimum Gasteiger partial charge on any atom is -0.508 e. The van der Waals surface area contributed by atoms with Crippen molar-refractivity contribution in [2.24, 2.45) is 11.5 Å². The number of primary amides is 1. The van der Waals surface area contributed by atoms with E-state index in [0.29, 0.717) is 22.3 Å². The average Bonchev–Trinajstić information content (AvgIpc) is 4.00. The molecule has 2 aromatic heterocycles. The molecule has 4 aromatic carbocycles. The van der Waals surface area contributed by atoms with Crippen LogP contribution in [0.3, 0.4) is 0 Å². The van der Waals surface area contributed by atoms with E-state index in [2.05, 4.69) is 47.2 Å². The van der Waals surface area contributed by atoms with Gasteiger partial charge in [0.05, 0.1) is 32.0 Å². The number of para-hydroxylation sites is 2. The Morgan fingerprint density at radius 1 is 0.461 bits per heavy atom. The molecular formula is C52H57N11O13. The first kappa shape index (κ1) is 55.7. The molecular weight excluding hydrogens is 987 g/mol. The number of nitrogens with one attached hydrogen (secondary N) is 9. The molecule has 0 unspecified atom stereocenters. The molecule has 0 bridgehead atoms. The summed E-state index contributed by atoms with van der Waals surface area (Å²) in [4.78, 5) is 137. The molecule has 398 valence electrons. The molecule has 0 saturated heterocycles. The van der Waals surface area contributed by atoms with Crippen LogP contribution in [0, 0.1) is 0 Å². The van der Waals surface area contributed by atoms with E-state index < -0.39 is 121 Å². The second-order valence-corrected chi connectivity index (χ2v) is 17.8. The molecule has 24 heteroatoms. The number of aromatic nitrogens is 2. The van der Waals surface area contributed by atoms with E-state index >= 15 is 0 Å². The van der Waals surface area contributed by atoms with Crippen molar-refractivity contribution in [3.8, 4) is 5.75 Å². The molecule has 6 atom stereocenters. The number of nitrogens with two attached hydrogens (primary N) is 2. The van der Waals surface area contributed by atoms with Crippen LogP contribution in [0.1, 0.15) is 35.1 Å². The van der Waals surface area contributed by atoms with Crippen LogP contribution in [-0.2, 0) is 73.6 Å². The molecule has 0 aliphatic rings. The Morgan fingerprint density at radius 3 is 1.41 bits per heavy atom. The topological polar surface area (TPSA) is 399 Å². The molecule has 0 radical (unpaired) electrons. The smallest absolute Gasteiger partial charge is 0.305 e. The van der Waals surface area contributed by atoms with E-state index in [9.17, 15) is 63.3 Å². The van der Waals surface area contributed by atoms with Gasteiger partial charge in [0.2, 0.25) is 47.3 Å². The second-order valence-electron chi connectivity index (χ2n) is 17.8. The Balaban J connectivity index is 1.11. The maximum Gasteiger partial charge on any atom is 0.305 e. The van der Waals surface area contributed by atoms with Gasteiger partial charge < -0.3 is 74.0 Å². The van der Waals surface area contributed by atoms with E-state index in [-0.39, 0.29) is 31.4 Å². The molecule has 0 aliphatic heterocycles. The van der Waals surface area contributed by atoms with Crippen molar-refractivity contribution in [2.75, 3.05) is 13.1 Å². The summed E-state index contributed by atoms with van der Waals surface area (Å²) in [6.07, 6.45) is 1.10. The monoisotopic (exact) mass is 1040 g/mol. The normalized spacial score (nSPS) is 13.4. The van der Waals surface area contributed by atoms with Gasteiger partial charge in [-0.2, -0.15) is 0 Å². The van der Waals surface area contributed by atoms with Crippen LogP contribution in [0.4, 0.5) is 0 Å². The molecule has 8 amide bonds. The van der Waals surface area contributed by atoms with Gasteiger partial charge in [-0.3, -0.25) is 47.9 Å². The number of carboxylic acids is 2. The Labute approximate surface area is 433 Å². The van der Waals surface area contributed by atoms with E-state index in [1.165, 1.54) is 24.3 Å². The summed E-state index contributed by atoms with van der Waals surface area (Å²) in [6.45, 7) is -1.56. The highest BCUT2D eigenvalue weighted by molar-refractivity contribution is 5.98. The number of aliphatic carboxylic acids is 2. The van der Waals surface area contributed by atoms with Crippen LogP contribution in [0.5, 0.6) is 5.75 Å². The van der Waals surface area contributed by atoms with Gasteiger partial charge in [-0.05, 0) is 46.5 Å². The third kappa shape index (κ3) is 16.2.